The van der Waals surface area contributed by atoms with E-state index in [9.17, 15) is 19.2 Å². The molecule has 1 atom stereocenters. The Kier molecular flexibility index (Phi) is 8.60. The van der Waals surface area contributed by atoms with Crippen LogP contribution in [0.4, 0.5) is 4.79 Å². The van der Waals surface area contributed by atoms with Gasteiger partial charge in [0.25, 0.3) is 0 Å². The molecule has 0 saturated carbocycles. The number of carbonyl (C=O) groups is 3. The number of hydrogen-bond donors (Lipinski definition) is 1. The molecule has 4 rings (SSSR count). The third-order valence-corrected chi connectivity index (χ3v) is 6.37. The number of esters is 2. The highest BCUT2D eigenvalue weighted by Gasteiger charge is 2.30. The number of halogens is 1. The van der Waals surface area contributed by atoms with Gasteiger partial charge in [-0.1, -0.05) is 41.9 Å². The summed E-state index contributed by atoms with van der Waals surface area (Å²) in [4.78, 5) is 50.7. The highest BCUT2D eigenvalue weighted by Crippen LogP contribution is 2.34. The second-order valence-corrected chi connectivity index (χ2v) is 10.7. The van der Waals surface area contributed by atoms with Crippen molar-refractivity contribution in [1.82, 2.24) is 5.32 Å². The summed E-state index contributed by atoms with van der Waals surface area (Å²) in [6.07, 6.45) is 1.78. The fraction of sp³-hybridized carbons (Fsp3) is 0.379. The van der Waals surface area contributed by atoms with Gasteiger partial charge in [0.1, 0.15) is 23.8 Å². The Hall–Kier alpha value is -3.85. The molecule has 1 aliphatic carbocycles. The SMILES string of the molecule is CC(C)(C)OC(=O)NC(CC(=O)OCc1ccccc1)C(=O)Oc1cc2oc(=O)c3c(c2cc1Cl)CCCC3. The van der Waals surface area contributed by atoms with E-state index in [1.807, 2.05) is 6.07 Å². The maximum absolute atomic E-state index is 13.2. The molecule has 0 aliphatic heterocycles. The van der Waals surface area contributed by atoms with Crippen LogP contribution in [-0.4, -0.2) is 29.7 Å². The van der Waals surface area contributed by atoms with Gasteiger partial charge < -0.3 is 23.9 Å². The Morgan fingerprint density at radius 2 is 1.74 bits per heavy atom. The highest BCUT2D eigenvalue weighted by molar-refractivity contribution is 6.33. The Bertz CT molecular complexity index is 1440. The number of rotatable bonds is 7. The van der Waals surface area contributed by atoms with Gasteiger partial charge in [0.15, 0.2) is 5.75 Å². The van der Waals surface area contributed by atoms with E-state index < -0.39 is 41.7 Å². The van der Waals surface area contributed by atoms with E-state index in [1.54, 1.807) is 51.1 Å². The second kappa shape index (κ2) is 11.9. The monoisotopic (exact) mass is 555 g/mol. The number of alkyl carbamates (subject to hydrolysis) is 1. The lowest BCUT2D eigenvalue weighted by atomic mass is 9.91. The van der Waals surface area contributed by atoms with Crippen LogP contribution in [0, 0.1) is 0 Å². The average molecular weight is 556 g/mol. The predicted octanol–water partition coefficient (Wildman–Crippen LogP) is 5.26. The number of benzene rings is 2. The van der Waals surface area contributed by atoms with Crippen molar-refractivity contribution in [3.05, 3.63) is 74.6 Å². The third-order valence-electron chi connectivity index (χ3n) is 6.08. The quantitative estimate of drug-likeness (QED) is 0.238. The molecule has 0 fully saturated rings. The van der Waals surface area contributed by atoms with Crippen LogP contribution in [0.5, 0.6) is 5.75 Å². The molecule has 2 aromatic carbocycles. The Morgan fingerprint density at radius 3 is 2.44 bits per heavy atom. The zero-order valence-corrected chi connectivity index (χ0v) is 22.8. The van der Waals surface area contributed by atoms with Crippen molar-refractivity contribution < 1.29 is 33.0 Å². The van der Waals surface area contributed by atoms with Crippen molar-refractivity contribution in [3.8, 4) is 5.75 Å². The summed E-state index contributed by atoms with van der Waals surface area (Å²) in [5.41, 5.74) is 1.25. The predicted molar refractivity (Wildman–Crippen MR) is 144 cm³/mol. The van der Waals surface area contributed by atoms with Crippen LogP contribution in [0.1, 0.15) is 56.7 Å². The molecule has 1 aromatic heterocycles. The van der Waals surface area contributed by atoms with E-state index in [0.717, 1.165) is 30.4 Å². The first-order valence-electron chi connectivity index (χ1n) is 12.7. The summed E-state index contributed by atoms with van der Waals surface area (Å²) in [6, 6.07) is 10.5. The first-order valence-corrected chi connectivity index (χ1v) is 13.1. The second-order valence-electron chi connectivity index (χ2n) is 10.3. The summed E-state index contributed by atoms with van der Waals surface area (Å²) in [6.45, 7) is 4.98. The summed E-state index contributed by atoms with van der Waals surface area (Å²) in [5, 5.41) is 3.17. The van der Waals surface area contributed by atoms with Crippen LogP contribution in [0.25, 0.3) is 11.0 Å². The van der Waals surface area contributed by atoms with E-state index in [0.29, 0.717) is 17.4 Å². The zero-order valence-electron chi connectivity index (χ0n) is 22.0. The molecule has 39 heavy (non-hydrogen) atoms. The van der Waals surface area contributed by atoms with Gasteiger partial charge in [0.2, 0.25) is 0 Å². The molecule has 0 spiro atoms. The van der Waals surface area contributed by atoms with Gasteiger partial charge in [-0.15, -0.1) is 0 Å². The minimum absolute atomic E-state index is 0.00621. The molecule has 0 bridgehead atoms. The number of hydrogen-bond acceptors (Lipinski definition) is 8. The number of nitrogens with one attached hydrogen (secondary N) is 1. The molecule has 1 heterocycles. The molecule has 206 valence electrons. The smallest absolute Gasteiger partial charge is 0.408 e. The first kappa shape index (κ1) is 28.2. The Balaban J connectivity index is 1.54. The number of amides is 1. The van der Waals surface area contributed by atoms with Crippen LogP contribution in [-0.2, 0) is 38.5 Å². The molecule has 0 radical (unpaired) electrons. The van der Waals surface area contributed by atoms with E-state index in [-0.39, 0.29) is 23.0 Å². The van der Waals surface area contributed by atoms with Gasteiger partial charge in [-0.25, -0.2) is 14.4 Å². The molecule has 9 nitrogen and oxygen atoms in total. The standard InChI is InChI=1S/C29H30ClNO8/c1-29(2,3)39-28(35)31-22(14-25(32)36-16-17-9-5-4-6-10-17)27(34)38-24-15-23-20(13-21(24)30)18-11-7-8-12-19(18)26(33)37-23/h4-6,9-10,13,15,22H,7-8,11-12,14,16H2,1-3H3,(H,31,35). The van der Waals surface area contributed by atoms with Crippen LogP contribution < -0.4 is 15.7 Å². The highest BCUT2D eigenvalue weighted by atomic mass is 35.5. The number of carbonyl (C=O) groups excluding carboxylic acids is 3. The van der Waals surface area contributed by atoms with E-state index in [4.69, 9.17) is 30.2 Å². The molecule has 1 unspecified atom stereocenters. The minimum atomic E-state index is -1.44. The lowest BCUT2D eigenvalue weighted by Crippen LogP contribution is -2.46. The maximum atomic E-state index is 13.2. The lowest BCUT2D eigenvalue weighted by Gasteiger charge is -2.23. The molecule has 1 aliphatic rings. The van der Waals surface area contributed by atoms with Crippen molar-refractivity contribution in [3.63, 3.8) is 0 Å². The van der Waals surface area contributed by atoms with Crippen LogP contribution in [0.3, 0.4) is 0 Å². The van der Waals surface area contributed by atoms with Crippen molar-refractivity contribution in [1.29, 1.82) is 0 Å². The molecular formula is C29H30ClNO8. The number of aryl methyl sites for hydroxylation is 1. The normalized spacial score (nSPS) is 13.7. The van der Waals surface area contributed by atoms with Crippen LogP contribution >= 0.6 is 11.6 Å². The van der Waals surface area contributed by atoms with E-state index in [1.165, 1.54) is 6.07 Å². The molecule has 10 heteroatoms. The number of ether oxygens (including phenoxy) is 3. The van der Waals surface area contributed by atoms with Crippen molar-refractivity contribution in [2.24, 2.45) is 0 Å². The molecule has 3 aromatic rings. The summed E-state index contributed by atoms with van der Waals surface area (Å²) in [7, 11) is 0. The van der Waals surface area contributed by atoms with Gasteiger partial charge in [-0.05, 0) is 63.6 Å². The van der Waals surface area contributed by atoms with Gasteiger partial charge in [-0.3, -0.25) is 4.79 Å². The van der Waals surface area contributed by atoms with Crippen molar-refractivity contribution in [2.75, 3.05) is 0 Å². The summed E-state index contributed by atoms with van der Waals surface area (Å²) < 4.78 is 21.5. The third kappa shape index (κ3) is 7.38. The lowest BCUT2D eigenvalue weighted by molar-refractivity contribution is -0.149. The van der Waals surface area contributed by atoms with E-state index >= 15 is 0 Å². The Labute approximate surface area is 230 Å². The van der Waals surface area contributed by atoms with Gasteiger partial charge in [0.05, 0.1) is 11.4 Å². The molecular weight excluding hydrogens is 526 g/mol. The first-order chi connectivity index (χ1) is 18.5. The summed E-state index contributed by atoms with van der Waals surface area (Å²) in [5.74, 6) is -1.79. The molecule has 1 amide bonds. The largest absolute Gasteiger partial charge is 0.461 e. The average Bonchev–Trinajstić information content (AvgIpc) is 2.88. The van der Waals surface area contributed by atoms with Crippen molar-refractivity contribution in [2.45, 2.75) is 71.1 Å². The van der Waals surface area contributed by atoms with Gasteiger partial charge in [-0.2, -0.15) is 0 Å². The van der Waals surface area contributed by atoms with Crippen LogP contribution in [0.2, 0.25) is 5.02 Å². The van der Waals surface area contributed by atoms with Gasteiger partial charge >= 0.3 is 23.7 Å². The minimum Gasteiger partial charge on any atom is -0.461 e. The van der Waals surface area contributed by atoms with E-state index in [2.05, 4.69) is 5.32 Å². The van der Waals surface area contributed by atoms with Crippen LogP contribution in [0.15, 0.2) is 51.7 Å². The molecule has 0 saturated heterocycles. The fourth-order valence-electron chi connectivity index (χ4n) is 4.31. The zero-order chi connectivity index (χ0) is 28.2. The topological polar surface area (TPSA) is 121 Å². The number of fused-ring (bicyclic) bond motifs is 3. The fourth-order valence-corrected chi connectivity index (χ4v) is 4.51. The molecule has 1 N–H and O–H groups in total. The Morgan fingerprint density at radius 1 is 1.05 bits per heavy atom. The van der Waals surface area contributed by atoms with Crippen molar-refractivity contribution >= 4 is 40.6 Å². The summed E-state index contributed by atoms with van der Waals surface area (Å²) >= 11 is 6.45. The van der Waals surface area contributed by atoms with Gasteiger partial charge in [0, 0.05) is 17.0 Å². The maximum Gasteiger partial charge on any atom is 0.408 e.